The third kappa shape index (κ3) is 7.60. The Balaban J connectivity index is 2.00. The van der Waals surface area contributed by atoms with Gasteiger partial charge in [0.15, 0.2) is 5.96 Å². The van der Waals surface area contributed by atoms with E-state index in [0.717, 1.165) is 45.0 Å². The number of nitrogens with one attached hydrogen (secondary N) is 2. The molecule has 0 spiro atoms. The van der Waals surface area contributed by atoms with Crippen molar-refractivity contribution >= 4 is 16.0 Å². The van der Waals surface area contributed by atoms with Crippen molar-refractivity contribution in [3.05, 3.63) is 29.8 Å². The summed E-state index contributed by atoms with van der Waals surface area (Å²) in [5.41, 5.74) is 0.169. The first-order valence-electron chi connectivity index (χ1n) is 10.2. The molecule has 1 aromatic carbocycles. The van der Waals surface area contributed by atoms with Crippen LogP contribution in [0.2, 0.25) is 0 Å². The second-order valence-electron chi connectivity index (χ2n) is 8.63. The topological polar surface area (TPSA) is 83.0 Å². The second-order valence-corrected chi connectivity index (χ2v) is 10.3. The molecule has 1 aliphatic rings. The van der Waals surface area contributed by atoms with Crippen LogP contribution in [0, 0.1) is 5.92 Å². The first kappa shape index (κ1) is 23.6. The maximum atomic E-state index is 12.8. The molecule has 0 amide bonds. The minimum atomic E-state index is -3.60. The summed E-state index contributed by atoms with van der Waals surface area (Å²) in [6.07, 6.45) is 3.33. The van der Waals surface area contributed by atoms with Gasteiger partial charge in [0.25, 0.3) is 0 Å². The summed E-state index contributed by atoms with van der Waals surface area (Å²) < 4.78 is 33.8. The monoisotopic (exact) mass is 424 g/mol. The normalized spacial score (nSPS) is 16.7. The number of rotatable bonds is 7. The van der Waals surface area contributed by atoms with Crippen LogP contribution in [0.5, 0.6) is 0 Å². The Kier molecular flexibility index (Phi) is 8.48. The summed E-state index contributed by atoms with van der Waals surface area (Å²) in [5.74, 6) is 1.45. The minimum absolute atomic E-state index is 0.294. The fraction of sp³-hybridized carbons (Fsp3) is 0.667. The van der Waals surface area contributed by atoms with Crippen molar-refractivity contribution in [2.75, 3.05) is 33.9 Å². The Morgan fingerprint density at radius 3 is 2.52 bits per heavy atom. The van der Waals surface area contributed by atoms with Crippen molar-refractivity contribution in [3.8, 4) is 0 Å². The Morgan fingerprint density at radius 2 is 1.90 bits per heavy atom. The van der Waals surface area contributed by atoms with Crippen LogP contribution < -0.4 is 10.0 Å². The average Bonchev–Trinajstić information content (AvgIpc) is 2.66. The number of benzene rings is 1. The molecule has 0 radical (unpaired) electrons. The number of aliphatic imine (C=N–C) groups is 1. The molecule has 8 heteroatoms. The van der Waals surface area contributed by atoms with E-state index in [4.69, 9.17) is 4.74 Å². The van der Waals surface area contributed by atoms with Crippen LogP contribution in [-0.4, -0.2) is 58.7 Å². The molecule has 0 saturated carbocycles. The summed E-state index contributed by atoms with van der Waals surface area (Å²) in [4.78, 5) is 6.75. The Morgan fingerprint density at radius 1 is 1.24 bits per heavy atom. The second kappa shape index (κ2) is 10.4. The molecule has 29 heavy (non-hydrogen) atoms. The van der Waals surface area contributed by atoms with Crippen molar-refractivity contribution in [2.24, 2.45) is 10.9 Å². The van der Waals surface area contributed by atoms with E-state index in [2.05, 4.69) is 19.9 Å². The van der Waals surface area contributed by atoms with Gasteiger partial charge in [0.05, 0.1) is 4.90 Å². The van der Waals surface area contributed by atoms with Crippen LogP contribution in [0.3, 0.4) is 0 Å². The molecule has 0 aromatic heterocycles. The van der Waals surface area contributed by atoms with Gasteiger partial charge in [-0.2, -0.15) is 0 Å². The molecule has 7 nitrogen and oxygen atoms in total. The van der Waals surface area contributed by atoms with E-state index in [0.29, 0.717) is 22.9 Å². The number of guanidine groups is 1. The zero-order valence-corrected chi connectivity index (χ0v) is 19.2. The zero-order valence-electron chi connectivity index (χ0n) is 18.4. The van der Waals surface area contributed by atoms with Crippen LogP contribution in [-0.2, 0) is 21.3 Å². The Hall–Kier alpha value is -1.64. The molecule has 1 saturated heterocycles. The van der Waals surface area contributed by atoms with Crippen LogP contribution in [0.4, 0.5) is 0 Å². The molecule has 0 bridgehead atoms. The van der Waals surface area contributed by atoms with Gasteiger partial charge in [0.2, 0.25) is 10.0 Å². The molecule has 164 valence electrons. The lowest BCUT2D eigenvalue weighted by Gasteiger charge is -2.27. The SMILES string of the molecule is CN=C(NCc1ccccc1S(=O)(=O)NC(C)(C)C)N(C)CCC1CCOCC1. The summed E-state index contributed by atoms with van der Waals surface area (Å²) in [6, 6.07) is 7.07. The maximum Gasteiger partial charge on any atom is 0.241 e. The highest BCUT2D eigenvalue weighted by molar-refractivity contribution is 7.89. The molecule has 0 unspecified atom stereocenters. The smallest absolute Gasteiger partial charge is 0.241 e. The molecular weight excluding hydrogens is 388 g/mol. The minimum Gasteiger partial charge on any atom is -0.381 e. The van der Waals surface area contributed by atoms with Gasteiger partial charge in [-0.05, 0) is 57.6 Å². The summed E-state index contributed by atoms with van der Waals surface area (Å²) >= 11 is 0. The number of nitrogens with zero attached hydrogens (tertiary/aromatic N) is 2. The van der Waals surface area contributed by atoms with Gasteiger partial charge >= 0.3 is 0 Å². The Bertz CT molecular complexity index is 781. The van der Waals surface area contributed by atoms with Gasteiger partial charge in [0, 0.05) is 45.9 Å². The highest BCUT2D eigenvalue weighted by Gasteiger charge is 2.24. The molecule has 2 rings (SSSR count). The lowest BCUT2D eigenvalue weighted by atomic mass is 9.96. The molecule has 0 aliphatic carbocycles. The zero-order chi connectivity index (χ0) is 21.5. The van der Waals surface area contributed by atoms with Crippen LogP contribution in [0.15, 0.2) is 34.2 Å². The average molecular weight is 425 g/mol. The van der Waals surface area contributed by atoms with Gasteiger partial charge in [-0.3, -0.25) is 4.99 Å². The Labute approximate surface area is 176 Å². The van der Waals surface area contributed by atoms with E-state index in [-0.39, 0.29) is 0 Å². The number of sulfonamides is 1. The van der Waals surface area contributed by atoms with E-state index in [1.165, 1.54) is 0 Å². The molecule has 2 N–H and O–H groups in total. The highest BCUT2D eigenvalue weighted by Crippen LogP contribution is 2.19. The molecule has 1 aliphatic heterocycles. The van der Waals surface area contributed by atoms with Gasteiger partial charge in [-0.15, -0.1) is 0 Å². The van der Waals surface area contributed by atoms with E-state index in [1.54, 1.807) is 19.2 Å². The highest BCUT2D eigenvalue weighted by atomic mass is 32.2. The fourth-order valence-electron chi connectivity index (χ4n) is 3.45. The first-order chi connectivity index (χ1) is 13.6. The fourth-order valence-corrected chi connectivity index (χ4v) is 5.11. The van der Waals surface area contributed by atoms with E-state index in [9.17, 15) is 8.42 Å². The predicted octanol–water partition coefficient (Wildman–Crippen LogP) is 2.59. The lowest BCUT2D eigenvalue weighted by molar-refractivity contribution is 0.0625. The summed E-state index contributed by atoms with van der Waals surface area (Å²) in [6.45, 7) is 8.50. The molecule has 1 heterocycles. The van der Waals surface area contributed by atoms with E-state index >= 15 is 0 Å². The molecule has 0 atom stereocenters. The van der Waals surface area contributed by atoms with Gasteiger partial charge in [-0.1, -0.05) is 18.2 Å². The summed E-state index contributed by atoms with van der Waals surface area (Å²) in [5, 5.41) is 3.31. The molecule has 1 fully saturated rings. The number of hydrogen-bond acceptors (Lipinski definition) is 4. The van der Waals surface area contributed by atoms with Gasteiger partial charge < -0.3 is 15.0 Å². The van der Waals surface area contributed by atoms with E-state index in [1.807, 2.05) is 40.0 Å². The first-order valence-corrected chi connectivity index (χ1v) is 11.7. The van der Waals surface area contributed by atoms with Crippen LogP contribution in [0.1, 0.15) is 45.6 Å². The van der Waals surface area contributed by atoms with Crippen LogP contribution >= 0.6 is 0 Å². The summed E-state index contributed by atoms with van der Waals surface area (Å²) in [7, 11) is 0.156. The van der Waals surface area contributed by atoms with Crippen LogP contribution in [0.25, 0.3) is 0 Å². The third-order valence-electron chi connectivity index (χ3n) is 4.93. The lowest BCUT2D eigenvalue weighted by Crippen LogP contribution is -2.42. The van der Waals surface area contributed by atoms with Crippen molar-refractivity contribution < 1.29 is 13.2 Å². The third-order valence-corrected chi connectivity index (χ3v) is 6.79. The number of hydrogen-bond donors (Lipinski definition) is 2. The maximum absolute atomic E-state index is 12.8. The van der Waals surface area contributed by atoms with Crippen molar-refractivity contribution in [1.29, 1.82) is 0 Å². The molecule has 1 aromatic rings. The largest absolute Gasteiger partial charge is 0.381 e. The standard InChI is InChI=1S/C21H36N4O3S/c1-21(2,3)24-29(26,27)19-9-7-6-8-18(19)16-23-20(22-4)25(5)13-10-17-11-14-28-15-12-17/h6-9,17,24H,10-16H2,1-5H3,(H,22,23). The quantitative estimate of drug-likeness (QED) is 0.519. The number of ether oxygens (including phenoxy) is 1. The van der Waals surface area contributed by atoms with Gasteiger partial charge in [0.1, 0.15) is 0 Å². The van der Waals surface area contributed by atoms with Crippen molar-refractivity contribution in [1.82, 2.24) is 14.9 Å². The molecular formula is C21H36N4O3S. The predicted molar refractivity (Wildman–Crippen MR) is 118 cm³/mol. The van der Waals surface area contributed by atoms with Gasteiger partial charge in [-0.25, -0.2) is 13.1 Å². The van der Waals surface area contributed by atoms with E-state index < -0.39 is 15.6 Å². The van der Waals surface area contributed by atoms with Crippen molar-refractivity contribution in [2.45, 2.75) is 57.0 Å². The van der Waals surface area contributed by atoms with Crippen molar-refractivity contribution in [3.63, 3.8) is 0 Å².